The van der Waals surface area contributed by atoms with Crippen LogP contribution < -0.4 is 10.5 Å². The number of aryl methyl sites for hydroxylation is 1. The minimum absolute atomic E-state index is 0.133. The molecule has 0 saturated carbocycles. The second-order valence-electron chi connectivity index (χ2n) is 3.09. The fourth-order valence-electron chi connectivity index (χ4n) is 1.10. The largest absolute Gasteiger partial charge is 0.478 e. The number of aliphatic carboxylic acids is 1. The van der Waals surface area contributed by atoms with Crippen molar-refractivity contribution in [2.45, 2.75) is 13.0 Å². The Morgan fingerprint density at radius 2 is 2.33 bits per heavy atom. The maximum Gasteiger partial charge on any atom is 0.346 e. The first-order valence-corrected chi connectivity index (χ1v) is 4.40. The zero-order valence-corrected chi connectivity index (χ0v) is 8.24. The lowest BCUT2D eigenvalue weighted by atomic mass is 10.2. The molecule has 0 aliphatic carbocycles. The monoisotopic (exact) mass is 213 g/mol. The molecule has 0 saturated heterocycles. The lowest BCUT2D eigenvalue weighted by molar-refractivity contribution is -0.144. The molecule has 0 fully saturated rings. The molecule has 0 heterocycles. The highest BCUT2D eigenvalue weighted by molar-refractivity contribution is 5.73. The van der Waals surface area contributed by atoms with Crippen molar-refractivity contribution in [1.82, 2.24) is 0 Å². The molecule has 0 aromatic heterocycles. The number of rotatable bonds is 4. The van der Waals surface area contributed by atoms with Crippen molar-refractivity contribution in [3.8, 4) is 5.75 Å². The van der Waals surface area contributed by atoms with Gasteiger partial charge in [0.05, 0.1) is 0 Å². The van der Waals surface area contributed by atoms with Gasteiger partial charge in [-0.1, -0.05) is 0 Å². The third-order valence-corrected chi connectivity index (χ3v) is 1.90. The predicted molar refractivity (Wildman–Crippen MR) is 52.2 cm³/mol. The Balaban J connectivity index is 2.84. The molecule has 1 aromatic carbocycles. The summed E-state index contributed by atoms with van der Waals surface area (Å²) in [5, 5.41) is 8.70. The minimum Gasteiger partial charge on any atom is -0.478 e. The molecule has 4 nitrogen and oxygen atoms in total. The quantitative estimate of drug-likeness (QED) is 0.780. The third-order valence-electron chi connectivity index (χ3n) is 1.90. The van der Waals surface area contributed by atoms with Crippen LogP contribution in [0.4, 0.5) is 4.39 Å². The molecule has 3 N–H and O–H groups in total. The summed E-state index contributed by atoms with van der Waals surface area (Å²) in [5.74, 6) is -1.20. The van der Waals surface area contributed by atoms with E-state index >= 15 is 0 Å². The van der Waals surface area contributed by atoms with E-state index in [1.165, 1.54) is 18.2 Å². The van der Waals surface area contributed by atoms with Gasteiger partial charge in [0.25, 0.3) is 0 Å². The first-order valence-electron chi connectivity index (χ1n) is 4.40. The van der Waals surface area contributed by atoms with Gasteiger partial charge in [0.2, 0.25) is 6.10 Å². The molecular weight excluding hydrogens is 201 g/mol. The summed E-state index contributed by atoms with van der Waals surface area (Å²) >= 11 is 0. The molecule has 1 atom stereocenters. The van der Waals surface area contributed by atoms with E-state index < -0.39 is 12.1 Å². The number of benzene rings is 1. The molecule has 0 bridgehead atoms. The lowest BCUT2D eigenvalue weighted by Gasteiger charge is -2.14. The number of hydrogen-bond donors (Lipinski definition) is 2. The zero-order valence-electron chi connectivity index (χ0n) is 8.24. The van der Waals surface area contributed by atoms with Crippen LogP contribution in [0.3, 0.4) is 0 Å². The van der Waals surface area contributed by atoms with Crippen molar-refractivity contribution in [1.29, 1.82) is 0 Å². The molecule has 15 heavy (non-hydrogen) atoms. The molecular formula is C10H12FNO3. The molecule has 0 radical (unpaired) electrons. The van der Waals surface area contributed by atoms with Gasteiger partial charge in [-0.25, -0.2) is 9.18 Å². The highest BCUT2D eigenvalue weighted by Gasteiger charge is 2.17. The smallest absolute Gasteiger partial charge is 0.346 e. The van der Waals surface area contributed by atoms with Crippen molar-refractivity contribution < 1.29 is 19.0 Å². The van der Waals surface area contributed by atoms with Gasteiger partial charge >= 0.3 is 5.97 Å². The fourth-order valence-corrected chi connectivity index (χ4v) is 1.10. The first-order chi connectivity index (χ1) is 7.04. The van der Waals surface area contributed by atoms with Crippen molar-refractivity contribution in [3.05, 3.63) is 29.6 Å². The number of hydrogen-bond acceptors (Lipinski definition) is 3. The summed E-state index contributed by atoms with van der Waals surface area (Å²) in [6, 6.07) is 3.86. The van der Waals surface area contributed by atoms with E-state index in [4.69, 9.17) is 15.6 Å². The fraction of sp³-hybridized carbons (Fsp3) is 0.300. The van der Waals surface area contributed by atoms with Gasteiger partial charge in [-0.15, -0.1) is 0 Å². The van der Waals surface area contributed by atoms with Crippen LogP contribution in [0.5, 0.6) is 5.75 Å². The van der Waals surface area contributed by atoms with Gasteiger partial charge in [0.1, 0.15) is 11.6 Å². The number of carboxylic acids is 1. The van der Waals surface area contributed by atoms with Crippen LogP contribution in [0, 0.1) is 12.7 Å². The van der Waals surface area contributed by atoms with E-state index in [1.54, 1.807) is 6.92 Å². The molecule has 0 spiro atoms. The van der Waals surface area contributed by atoms with E-state index in [-0.39, 0.29) is 12.4 Å². The average molecular weight is 213 g/mol. The zero-order chi connectivity index (χ0) is 11.4. The lowest BCUT2D eigenvalue weighted by Crippen LogP contribution is -2.34. The summed E-state index contributed by atoms with van der Waals surface area (Å²) in [4.78, 5) is 10.6. The number of carboxylic acid groups (broad SMARTS) is 1. The van der Waals surface area contributed by atoms with Crippen molar-refractivity contribution in [3.63, 3.8) is 0 Å². The third kappa shape index (κ3) is 2.92. The molecule has 1 rings (SSSR count). The SMILES string of the molecule is Cc1cc(F)ccc1OC(CN)C(=O)O. The summed E-state index contributed by atoms with van der Waals surface area (Å²) in [6.45, 7) is 1.50. The van der Waals surface area contributed by atoms with Gasteiger partial charge < -0.3 is 15.6 Å². The van der Waals surface area contributed by atoms with Crippen LogP contribution in [0.15, 0.2) is 18.2 Å². The van der Waals surface area contributed by atoms with E-state index in [2.05, 4.69) is 0 Å². The molecule has 0 aliphatic heterocycles. The summed E-state index contributed by atoms with van der Waals surface area (Å²) < 4.78 is 17.8. The topological polar surface area (TPSA) is 72.5 Å². The number of halogens is 1. The Kier molecular flexibility index (Phi) is 3.62. The van der Waals surface area contributed by atoms with E-state index in [0.717, 1.165) is 0 Å². The number of carbonyl (C=O) groups is 1. The standard InChI is InChI=1S/C10H12FNO3/c1-6-4-7(11)2-3-8(6)15-9(5-12)10(13)14/h2-4,9H,5,12H2,1H3,(H,13,14). The molecule has 1 unspecified atom stereocenters. The molecule has 0 aliphatic rings. The summed E-state index contributed by atoms with van der Waals surface area (Å²) in [6.07, 6.45) is -1.10. The second kappa shape index (κ2) is 4.75. The average Bonchev–Trinajstić information content (AvgIpc) is 2.16. The van der Waals surface area contributed by atoms with E-state index in [9.17, 15) is 9.18 Å². The predicted octanol–water partition coefficient (Wildman–Crippen LogP) is 0.925. The van der Waals surface area contributed by atoms with Gasteiger partial charge in [-0.3, -0.25) is 0 Å². The molecule has 0 amide bonds. The Hall–Kier alpha value is -1.62. The Labute approximate surface area is 86.5 Å². The van der Waals surface area contributed by atoms with Gasteiger partial charge in [0, 0.05) is 6.54 Å². The Bertz CT molecular complexity index is 368. The Morgan fingerprint density at radius 1 is 1.67 bits per heavy atom. The summed E-state index contributed by atoms with van der Waals surface area (Å²) in [7, 11) is 0. The van der Waals surface area contributed by atoms with Crippen LogP contribution in [0.1, 0.15) is 5.56 Å². The van der Waals surface area contributed by atoms with E-state index in [1.807, 2.05) is 0 Å². The summed E-state index contributed by atoms with van der Waals surface area (Å²) in [5.41, 5.74) is 5.76. The molecule has 82 valence electrons. The van der Waals surface area contributed by atoms with Crippen molar-refractivity contribution in [2.24, 2.45) is 5.73 Å². The number of nitrogens with two attached hydrogens (primary N) is 1. The van der Waals surface area contributed by atoms with Crippen molar-refractivity contribution >= 4 is 5.97 Å². The first kappa shape index (κ1) is 11.5. The van der Waals surface area contributed by atoms with E-state index in [0.29, 0.717) is 11.3 Å². The number of ether oxygens (including phenoxy) is 1. The minimum atomic E-state index is -1.14. The van der Waals surface area contributed by atoms with Crippen LogP contribution in [0.25, 0.3) is 0 Å². The van der Waals surface area contributed by atoms with Gasteiger partial charge in [0.15, 0.2) is 0 Å². The maximum atomic E-state index is 12.7. The highest BCUT2D eigenvalue weighted by atomic mass is 19.1. The maximum absolute atomic E-state index is 12.7. The normalized spacial score (nSPS) is 12.2. The van der Waals surface area contributed by atoms with Crippen LogP contribution in [-0.2, 0) is 4.79 Å². The van der Waals surface area contributed by atoms with Crippen LogP contribution in [0.2, 0.25) is 0 Å². The van der Waals surface area contributed by atoms with Gasteiger partial charge in [-0.05, 0) is 30.7 Å². The Morgan fingerprint density at radius 3 is 2.80 bits per heavy atom. The van der Waals surface area contributed by atoms with Crippen LogP contribution in [-0.4, -0.2) is 23.7 Å². The van der Waals surface area contributed by atoms with Gasteiger partial charge in [-0.2, -0.15) is 0 Å². The second-order valence-corrected chi connectivity index (χ2v) is 3.09. The highest BCUT2D eigenvalue weighted by Crippen LogP contribution is 2.19. The van der Waals surface area contributed by atoms with Crippen LogP contribution >= 0.6 is 0 Å². The van der Waals surface area contributed by atoms with Crippen molar-refractivity contribution in [2.75, 3.05) is 6.54 Å². The molecule has 5 heteroatoms. The molecule has 1 aromatic rings.